The molecule has 3 aromatic carbocycles. The van der Waals surface area contributed by atoms with E-state index in [4.69, 9.17) is 4.74 Å². The third-order valence-corrected chi connectivity index (χ3v) is 14.1. The maximum Gasteiger partial charge on any atom is 1.00 e. The summed E-state index contributed by atoms with van der Waals surface area (Å²) in [5.41, 5.74) is 11.3. The number of aryl methyl sites for hydroxylation is 2. The molecule has 344 valence electrons. The Morgan fingerprint density at radius 3 is 2.36 bits per heavy atom. The first kappa shape index (κ1) is 44.7. The van der Waals surface area contributed by atoms with Crippen molar-refractivity contribution in [1.29, 1.82) is 0 Å². The molecule has 1 aromatic heterocycles. The number of amides is 4. The third kappa shape index (κ3) is 9.29. The van der Waals surface area contributed by atoms with Gasteiger partial charge in [-0.1, -0.05) is 24.3 Å². The molecule has 9 rings (SSSR count). The van der Waals surface area contributed by atoms with Gasteiger partial charge in [0.05, 0.1) is 6.26 Å². The van der Waals surface area contributed by atoms with Gasteiger partial charge in [-0.2, -0.15) is 0 Å². The van der Waals surface area contributed by atoms with E-state index in [0.29, 0.717) is 48.8 Å². The molecule has 0 spiro atoms. The highest BCUT2D eigenvalue weighted by Gasteiger charge is 2.39. The van der Waals surface area contributed by atoms with E-state index >= 15 is 0 Å². The molecule has 3 fully saturated rings. The number of aromatic nitrogens is 1. The van der Waals surface area contributed by atoms with Gasteiger partial charge in [-0.05, 0) is 142 Å². The maximum atomic E-state index is 14.0. The number of anilines is 2. The first-order chi connectivity index (χ1) is 31.9. The Labute approximate surface area is 392 Å². The molecule has 1 atom stereocenters. The van der Waals surface area contributed by atoms with Gasteiger partial charge in [0, 0.05) is 104 Å². The maximum absolute atomic E-state index is 14.0. The molecule has 6 heterocycles. The summed E-state index contributed by atoms with van der Waals surface area (Å²) < 4.78 is 5.46. The van der Waals surface area contributed by atoms with E-state index in [1.165, 1.54) is 11.3 Å². The molecule has 66 heavy (non-hydrogen) atoms. The zero-order chi connectivity index (χ0) is 46.1. The molecule has 14 nitrogen and oxygen atoms in total. The SMILES string of the molecule is CCN(C1=CCOC=C1)c1cc(-c2ccc(N3CCN(C4CCN(Cc5ccc6c(c5)CN(C5CCC(=O)NC5=O)C6=O)CC4)CC3)cc2)cc(C(=O)NCc2c(C)cc(C)[nH]c2=O)c1C.[H+].[H+].[H+].[H+]. The van der Waals surface area contributed by atoms with Crippen molar-refractivity contribution in [2.75, 3.05) is 62.2 Å². The van der Waals surface area contributed by atoms with E-state index in [1.807, 2.05) is 57.2 Å². The fourth-order valence-corrected chi connectivity index (χ4v) is 10.5. The van der Waals surface area contributed by atoms with E-state index < -0.39 is 6.04 Å². The van der Waals surface area contributed by atoms with Crippen molar-refractivity contribution in [2.45, 2.75) is 85.1 Å². The zero-order valence-corrected chi connectivity index (χ0v) is 38.5. The summed E-state index contributed by atoms with van der Waals surface area (Å²) in [5.74, 6) is -1.03. The molecule has 14 heteroatoms. The van der Waals surface area contributed by atoms with Crippen LogP contribution in [0.5, 0.6) is 0 Å². The van der Waals surface area contributed by atoms with Crippen LogP contribution in [-0.2, 0) is 34.0 Å². The number of rotatable bonds is 12. The molecule has 0 bridgehead atoms. The van der Waals surface area contributed by atoms with Crippen LogP contribution < -0.4 is 26.0 Å². The van der Waals surface area contributed by atoms with Gasteiger partial charge in [0.25, 0.3) is 17.4 Å². The number of hydrogen-bond acceptors (Lipinski definition) is 10. The van der Waals surface area contributed by atoms with Gasteiger partial charge in [-0.25, -0.2) is 0 Å². The summed E-state index contributed by atoms with van der Waals surface area (Å²) in [6.45, 7) is 16.3. The van der Waals surface area contributed by atoms with E-state index in [2.05, 4.69) is 78.5 Å². The predicted octanol–water partition coefficient (Wildman–Crippen LogP) is 6.15. The van der Waals surface area contributed by atoms with Crippen LogP contribution in [0.4, 0.5) is 11.4 Å². The summed E-state index contributed by atoms with van der Waals surface area (Å²) in [4.78, 5) is 78.5. The summed E-state index contributed by atoms with van der Waals surface area (Å²) in [5, 5.41) is 5.43. The topological polar surface area (TPSA) is 151 Å². The van der Waals surface area contributed by atoms with Crippen molar-refractivity contribution in [3.8, 4) is 11.1 Å². The van der Waals surface area contributed by atoms with Crippen molar-refractivity contribution in [2.24, 2.45) is 0 Å². The average molecular weight is 897 g/mol. The molecule has 3 N–H and O–H groups in total. The zero-order valence-electron chi connectivity index (χ0n) is 42.5. The van der Waals surface area contributed by atoms with Gasteiger partial charge in [0.1, 0.15) is 12.6 Å². The van der Waals surface area contributed by atoms with Crippen molar-refractivity contribution in [1.82, 2.24) is 30.3 Å². The third-order valence-electron chi connectivity index (χ3n) is 14.1. The van der Waals surface area contributed by atoms with Crippen molar-refractivity contribution >= 4 is 35.0 Å². The molecular weight excluding hydrogens is 833 g/mol. The molecule has 5 aliphatic rings. The van der Waals surface area contributed by atoms with Gasteiger partial charge in [-0.3, -0.25) is 39.1 Å². The van der Waals surface area contributed by atoms with Crippen LogP contribution in [0.1, 0.15) is 92.5 Å². The number of nitrogens with one attached hydrogen (secondary N) is 3. The number of likely N-dealkylation sites (N-methyl/N-ethyl adjacent to an activating group) is 1. The quantitative estimate of drug-likeness (QED) is 0.142. The van der Waals surface area contributed by atoms with Crippen molar-refractivity contribution in [3.05, 3.63) is 140 Å². The molecule has 0 aliphatic carbocycles. The Balaban J connectivity index is 0.00000228. The van der Waals surface area contributed by atoms with Gasteiger partial charge in [-0.15, -0.1) is 0 Å². The Morgan fingerprint density at radius 2 is 1.67 bits per heavy atom. The lowest BCUT2D eigenvalue weighted by Gasteiger charge is -2.43. The minimum Gasteiger partial charge on any atom is -0.497 e. The lowest BCUT2D eigenvalue weighted by atomic mass is 9.96. The first-order valence-electron chi connectivity index (χ1n) is 23.4. The van der Waals surface area contributed by atoms with Crippen LogP contribution in [0.15, 0.2) is 89.6 Å². The Morgan fingerprint density at radius 1 is 0.894 bits per heavy atom. The van der Waals surface area contributed by atoms with Crippen LogP contribution in [0.2, 0.25) is 0 Å². The number of piperazine rings is 1. The number of pyridine rings is 1. The molecular formula is C52H64N8O6+4. The van der Waals surface area contributed by atoms with Crippen LogP contribution in [0, 0.1) is 20.8 Å². The Hall–Kier alpha value is -6.51. The van der Waals surface area contributed by atoms with Crippen LogP contribution >= 0.6 is 0 Å². The Kier molecular flexibility index (Phi) is 13.0. The normalized spacial score (nSPS) is 19.4. The average Bonchev–Trinajstić information content (AvgIpc) is 3.64. The van der Waals surface area contributed by atoms with Crippen LogP contribution in [0.3, 0.4) is 0 Å². The summed E-state index contributed by atoms with van der Waals surface area (Å²) in [6.07, 6.45) is 8.54. The van der Waals surface area contributed by atoms with Gasteiger partial charge in [0.2, 0.25) is 11.8 Å². The minimum atomic E-state index is -0.602. The fraction of sp³-hybridized carbons (Fsp3) is 0.404. The number of nitrogens with zero attached hydrogens (tertiary/aromatic N) is 5. The van der Waals surface area contributed by atoms with Gasteiger partial charge < -0.3 is 29.7 Å². The highest BCUT2D eigenvalue weighted by Crippen LogP contribution is 2.35. The highest BCUT2D eigenvalue weighted by molar-refractivity contribution is 6.05. The number of imide groups is 1. The second-order valence-corrected chi connectivity index (χ2v) is 18.3. The monoisotopic (exact) mass is 896 g/mol. The number of fused-ring (bicyclic) bond motifs is 1. The van der Waals surface area contributed by atoms with Crippen LogP contribution in [-0.4, -0.2) is 108 Å². The number of piperidine rings is 2. The lowest BCUT2D eigenvalue weighted by molar-refractivity contribution is -0.136. The van der Waals surface area contributed by atoms with E-state index in [0.717, 1.165) is 104 Å². The number of carbonyl (C=O) groups excluding carboxylic acids is 4. The summed E-state index contributed by atoms with van der Waals surface area (Å²) in [7, 11) is 0. The second kappa shape index (κ2) is 19.1. The summed E-state index contributed by atoms with van der Waals surface area (Å²) in [6, 6.07) is 20.8. The number of carbonyl (C=O) groups is 4. The van der Waals surface area contributed by atoms with Gasteiger partial charge >= 0.3 is 5.71 Å². The van der Waals surface area contributed by atoms with Gasteiger partial charge in [0.15, 0.2) is 0 Å². The largest absolute Gasteiger partial charge is 1.00 e. The predicted molar refractivity (Wildman–Crippen MR) is 260 cm³/mol. The number of ether oxygens (including phenoxy) is 1. The van der Waals surface area contributed by atoms with E-state index in [-0.39, 0.29) is 47.9 Å². The number of aromatic amines is 1. The standard InChI is InChI=1S/C52H60N8O6/c1-5-59(42-16-24-66-25-17-42)47-29-38(28-44(35(47)4)49(62)53-30-45-33(2)26-34(3)54-50(45)63)37-7-9-40(10-8-37)57-20-22-58(23-21-57)41-14-18-56(19-15-41)31-36-6-11-43-39(27-36)32-60(52(43)65)46-12-13-48(61)55-51(46)64/h6-11,16-17,24,26-29,41,46H,5,12-15,18-23,25,30-32H2,1-4H3,(H,53,62)(H,54,63)(H,55,61,64)/p+4. The fourth-order valence-electron chi connectivity index (χ4n) is 10.5. The van der Waals surface area contributed by atoms with E-state index in [9.17, 15) is 24.0 Å². The molecule has 4 aromatic rings. The second-order valence-electron chi connectivity index (χ2n) is 18.3. The number of likely N-dealkylation sites (tertiary alicyclic amines) is 1. The number of H-pyrrole nitrogens is 1. The lowest BCUT2D eigenvalue weighted by Crippen LogP contribution is -2.53. The van der Waals surface area contributed by atoms with Crippen LogP contribution in [0.25, 0.3) is 11.1 Å². The molecule has 3 saturated heterocycles. The van der Waals surface area contributed by atoms with Crippen molar-refractivity contribution < 1.29 is 29.6 Å². The van der Waals surface area contributed by atoms with Crippen molar-refractivity contribution in [3.63, 3.8) is 0 Å². The first-order valence-corrected chi connectivity index (χ1v) is 23.4. The molecule has 1 unspecified atom stereocenters. The molecule has 0 radical (unpaired) electrons. The molecule has 5 aliphatic heterocycles. The number of benzene rings is 3. The summed E-state index contributed by atoms with van der Waals surface area (Å²) >= 11 is 0. The number of allylic oxidation sites excluding steroid dienone is 1. The smallest absolute Gasteiger partial charge is 0.497 e. The Bertz CT molecular complexity index is 2680. The highest BCUT2D eigenvalue weighted by atomic mass is 16.5. The molecule has 0 saturated carbocycles. The minimum absolute atomic E-state index is 0. The van der Waals surface area contributed by atoms with E-state index in [1.54, 1.807) is 11.2 Å². The number of hydrogen-bond donors (Lipinski definition) is 3. The molecule has 4 amide bonds.